The summed E-state index contributed by atoms with van der Waals surface area (Å²) in [5.41, 5.74) is -2.04. The van der Waals surface area contributed by atoms with Crippen LogP contribution in [0.1, 0.15) is 34.1 Å². The second-order valence-electron chi connectivity index (χ2n) is 6.85. The first-order chi connectivity index (χ1) is 9.72. The third kappa shape index (κ3) is 5.45. The molecule has 0 spiro atoms. The van der Waals surface area contributed by atoms with Crippen LogP contribution in [-0.2, 0) is 23.8 Å². The molecule has 22 heavy (non-hydrogen) atoms. The van der Waals surface area contributed by atoms with Gasteiger partial charge in [0, 0.05) is 6.54 Å². The maximum atomic E-state index is 12.1. The number of aliphatic carboxylic acids is 1. The van der Waals surface area contributed by atoms with Gasteiger partial charge in [-0.3, -0.25) is 8.98 Å². The molecule has 1 fully saturated rings. The van der Waals surface area contributed by atoms with E-state index in [1.165, 1.54) is 11.8 Å². The Morgan fingerprint density at radius 2 is 1.86 bits per heavy atom. The summed E-state index contributed by atoms with van der Waals surface area (Å²) >= 11 is 0. The van der Waals surface area contributed by atoms with Gasteiger partial charge in [0.25, 0.3) is 10.1 Å². The zero-order valence-corrected chi connectivity index (χ0v) is 14.3. The predicted molar refractivity (Wildman–Crippen MR) is 77.9 cm³/mol. The molecule has 1 saturated heterocycles. The van der Waals surface area contributed by atoms with Crippen molar-refractivity contribution in [2.45, 2.75) is 45.8 Å². The van der Waals surface area contributed by atoms with Gasteiger partial charge < -0.3 is 14.7 Å². The molecule has 1 aliphatic heterocycles. The number of piperidine rings is 1. The van der Waals surface area contributed by atoms with Crippen molar-refractivity contribution in [2.24, 2.45) is 5.41 Å². The number of likely N-dealkylation sites (tertiary alicyclic amines) is 1. The standard InChI is InChI=1S/C13H23NO7S/c1-12(2,3)20-11(17)14-7-9(21-22(5,18)19)6-13(4,8-14)10(15)16/h9H,6-8H2,1-5H3,(H,15,16). The number of hydrogen-bond donors (Lipinski definition) is 1. The number of carbonyl (C=O) groups is 2. The lowest BCUT2D eigenvalue weighted by Crippen LogP contribution is -2.55. The van der Waals surface area contributed by atoms with Crippen LogP contribution in [0.4, 0.5) is 4.79 Å². The van der Waals surface area contributed by atoms with Crippen LogP contribution in [0.25, 0.3) is 0 Å². The number of nitrogens with zero attached hydrogens (tertiary/aromatic N) is 1. The lowest BCUT2D eigenvalue weighted by atomic mass is 9.81. The number of carboxylic acids is 1. The monoisotopic (exact) mass is 337 g/mol. The Balaban J connectivity index is 2.98. The van der Waals surface area contributed by atoms with Crippen molar-refractivity contribution in [3.05, 3.63) is 0 Å². The van der Waals surface area contributed by atoms with Gasteiger partial charge in [0.05, 0.1) is 24.3 Å². The maximum absolute atomic E-state index is 12.1. The van der Waals surface area contributed by atoms with E-state index in [0.29, 0.717) is 0 Å². The third-order valence-electron chi connectivity index (χ3n) is 3.12. The summed E-state index contributed by atoms with van der Waals surface area (Å²) in [6.07, 6.45) is -0.731. The molecule has 2 atom stereocenters. The molecule has 9 heteroatoms. The largest absolute Gasteiger partial charge is 0.481 e. The van der Waals surface area contributed by atoms with Crippen LogP contribution in [0.15, 0.2) is 0 Å². The number of carboxylic acid groups (broad SMARTS) is 1. The van der Waals surface area contributed by atoms with Crippen molar-refractivity contribution >= 4 is 22.2 Å². The summed E-state index contributed by atoms with van der Waals surface area (Å²) in [5.74, 6) is -1.12. The smallest absolute Gasteiger partial charge is 0.410 e. The van der Waals surface area contributed by atoms with E-state index in [2.05, 4.69) is 0 Å². The van der Waals surface area contributed by atoms with Crippen molar-refractivity contribution in [2.75, 3.05) is 19.3 Å². The van der Waals surface area contributed by atoms with E-state index >= 15 is 0 Å². The summed E-state index contributed by atoms with van der Waals surface area (Å²) in [5, 5.41) is 9.36. The molecule has 0 saturated carbocycles. The van der Waals surface area contributed by atoms with E-state index in [-0.39, 0.29) is 19.5 Å². The number of ether oxygens (including phenoxy) is 1. The second-order valence-corrected chi connectivity index (χ2v) is 8.45. The zero-order chi connectivity index (χ0) is 17.3. The number of amides is 1. The minimum absolute atomic E-state index is 0.00526. The van der Waals surface area contributed by atoms with Gasteiger partial charge >= 0.3 is 12.1 Å². The first-order valence-corrected chi connectivity index (χ1v) is 8.63. The highest BCUT2D eigenvalue weighted by molar-refractivity contribution is 7.86. The third-order valence-corrected chi connectivity index (χ3v) is 3.74. The Hall–Kier alpha value is -1.35. The van der Waals surface area contributed by atoms with Crippen LogP contribution >= 0.6 is 0 Å². The average Bonchev–Trinajstić information content (AvgIpc) is 2.23. The molecular formula is C13H23NO7S. The zero-order valence-electron chi connectivity index (χ0n) is 13.5. The second kappa shape index (κ2) is 6.04. The van der Waals surface area contributed by atoms with Crippen LogP contribution in [0.3, 0.4) is 0 Å². The quantitative estimate of drug-likeness (QED) is 0.767. The van der Waals surface area contributed by atoms with Gasteiger partial charge in [-0.15, -0.1) is 0 Å². The minimum atomic E-state index is -3.76. The fourth-order valence-electron chi connectivity index (χ4n) is 2.30. The molecule has 1 rings (SSSR count). The highest BCUT2D eigenvalue weighted by Crippen LogP contribution is 2.32. The molecular weight excluding hydrogens is 314 g/mol. The van der Waals surface area contributed by atoms with Gasteiger partial charge in [0.2, 0.25) is 0 Å². The van der Waals surface area contributed by atoms with E-state index in [1.54, 1.807) is 20.8 Å². The van der Waals surface area contributed by atoms with Crippen molar-refractivity contribution < 1.29 is 32.0 Å². The Morgan fingerprint density at radius 3 is 2.27 bits per heavy atom. The summed E-state index contributed by atoms with van der Waals surface area (Å²) in [6, 6.07) is 0. The molecule has 1 amide bonds. The summed E-state index contributed by atoms with van der Waals surface area (Å²) in [4.78, 5) is 24.8. The first kappa shape index (κ1) is 18.7. The van der Waals surface area contributed by atoms with Gasteiger partial charge in [-0.1, -0.05) is 0 Å². The maximum Gasteiger partial charge on any atom is 0.410 e. The molecule has 128 valence electrons. The first-order valence-electron chi connectivity index (χ1n) is 6.81. The van der Waals surface area contributed by atoms with Crippen LogP contribution in [0.2, 0.25) is 0 Å². The molecule has 2 unspecified atom stereocenters. The van der Waals surface area contributed by atoms with E-state index in [0.717, 1.165) is 6.26 Å². The van der Waals surface area contributed by atoms with Crippen LogP contribution < -0.4 is 0 Å². The molecule has 8 nitrogen and oxygen atoms in total. The van der Waals surface area contributed by atoms with Crippen molar-refractivity contribution in [3.63, 3.8) is 0 Å². The predicted octanol–water partition coefficient (Wildman–Crippen LogP) is 1.06. The molecule has 0 aromatic carbocycles. The molecule has 1 aliphatic rings. The Kier molecular flexibility index (Phi) is 5.13. The Labute approximate surface area is 130 Å². The number of rotatable bonds is 3. The van der Waals surface area contributed by atoms with E-state index in [9.17, 15) is 23.1 Å². The molecule has 0 bridgehead atoms. The van der Waals surface area contributed by atoms with E-state index in [1.807, 2.05) is 0 Å². The van der Waals surface area contributed by atoms with E-state index in [4.69, 9.17) is 8.92 Å². The molecule has 1 heterocycles. The lowest BCUT2D eigenvalue weighted by molar-refractivity contribution is -0.153. The van der Waals surface area contributed by atoms with Crippen LogP contribution in [0.5, 0.6) is 0 Å². The molecule has 0 aliphatic carbocycles. The van der Waals surface area contributed by atoms with Crippen molar-refractivity contribution in [1.29, 1.82) is 0 Å². The van der Waals surface area contributed by atoms with Crippen LogP contribution in [-0.4, -0.2) is 61.5 Å². The lowest BCUT2D eigenvalue weighted by Gasteiger charge is -2.41. The topological polar surface area (TPSA) is 110 Å². The Bertz CT molecular complexity index is 551. The number of hydrogen-bond acceptors (Lipinski definition) is 6. The van der Waals surface area contributed by atoms with Gasteiger partial charge in [-0.05, 0) is 34.1 Å². The fourth-order valence-corrected chi connectivity index (χ4v) is 2.92. The van der Waals surface area contributed by atoms with Crippen LogP contribution in [0, 0.1) is 5.41 Å². The molecule has 0 aromatic rings. The number of carbonyl (C=O) groups excluding carboxylic acids is 1. The van der Waals surface area contributed by atoms with Gasteiger partial charge in [-0.25, -0.2) is 4.79 Å². The van der Waals surface area contributed by atoms with Gasteiger partial charge in [-0.2, -0.15) is 8.42 Å². The molecule has 0 radical (unpaired) electrons. The summed E-state index contributed by atoms with van der Waals surface area (Å²) in [7, 11) is -3.76. The van der Waals surface area contributed by atoms with Gasteiger partial charge in [0.15, 0.2) is 0 Å². The summed E-state index contributed by atoms with van der Waals surface area (Å²) in [6.45, 7) is 6.41. The van der Waals surface area contributed by atoms with E-state index < -0.39 is 39.3 Å². The SMILES string of the molecule is CC(C)(C)OC(=O)N1CC(OS(C)(=O)=O)CC(C)(C(=O)O)C1. The molecule has 0 aromatic heterocycles. The average molecular weight is 337 g/mol. The highest BCUT2D eigenvalue weighted by atomic mass is 32.2. The fraction of sp³-hybridized carbons (Fsp3) is 0.846. The Morgan fingerprint density at radius 1 is 1.32 bits per heavy atom. The summed E-state index contributed by atoms with van der Waals surface area (Å²) < 4.78 is 32.7. The normalized spacial score (nSPS) is 26.6. The van der Waals surface area contributed by atoms with Crippen molar-refractivity contribution in [3.8, 4) is 0 Å². The minimum Gasteiger partial charge on any atom is -0.481 e. The van der Waals surface area contributed by atoms with Gasteiger partial charge in [0.1, 0.15) is 5.60 Å². The molecule has 1 N–H and O–H groups in total. The highest BCUT2D eigenvalue weighted by Gasteiger charge is 2.45. The van der Waals surface area contributed by atoms with Crippen molar-refractivity contribution in [1.82, 2.24) is 4.90 Å².